The lowest BCUT2D eigenvalue weighted by molar-refractivity contribution is 0.400. The number of hydrogen-bond acceptors (Lipinski definition) is 5. The minimum atomic E-state index is -4.05. The molecule has 1 aromatic carbocycles. The lowest BCUT2D eigenvalue weighted by Crippen LogP contribution is -2.15. The van der Waals surface area contributed by atoms with E-state index in [1.807, 2.05) is 0 Å². The van der Waals surface area contributed by atoms with Gasteiger partial charge in [-0.3, -0.25) is 4.72 Å². The molecule has 0 saturated carbocycles. The predicted molar refractivity (Wildman–Crippen MR) is 86.5 cm³/mol. The molecule has 0 fully saturated rings. The van der Waals surface area contributed by atoms with Crippen LogP contribution in [0.4, 0.5) is 15.9 Å². The number of aryl methyl sites for hydroxylation is 1. The molecule has 2 aromatic rings. The number of nitrogens with one attached hydrogen (secondary N) is 2. The highest BCUT2D eigenvalue weighted by Crippen LogP contribution is 2.21. The summed E-state index contributed by atoms with van der Waals surface area (Å²) in [5.74, 6) is -0.350. The average Bonchev–Trinajstić information content (AvgIpc) is 2.88. The zero-order valence-electron chi connectivity index (χ0n) is 13.1. The fourth-order valence-corrected chi connectivity index (χ4v) is 3.09. The largest absolute Gasteiger partial charge is 0.385 e. The zero-order valence-corrected chi connectivity index (χ0v) is 13.9. The molecular weight excluding hydrogens is 321 g/mol. The minimum absolute atomic E-state index is 0.0173. The van der Waals surface area contributed by atoms with Gasteiger partial charge in [-0.2, -0.15) is 0 Å². The molecule has 0 unspecified atom stereocenters. The van der Waals surface area contributed by atoms with Crippen molar-refractivity contribution in [3.63, 3.8) is 0 Å². The van der Waals surface area contributed by atoms with E-state index in [1.165, 1.54) is 24.3 Å². The Labute approximate surface area is 135 Å². The maximum atomic E-state index is 14.1. The van der Waals surface area contributed by atoms with Crippen molar-refractivity contribution in [1.82, 2.24) is 5.16 Å². The highest BCUT2D eigenvalue weighted by molar-refractivity contribution is 7.92. The van der Waals surface area contributed by atoms with Gasteiger partial charge in [-0.25, -0.2) is 12.8 Å². The summed E-state index contributed by atoms with van der Waals surface area (Å²) in [4.78, 5) is -0.433. The number of unbranched alkanes of at least 4 members (excludes halogenated alkanes) is 2. The van der Waals surface area contributed by atoms with Crippen molar-refractivity contribution < 1.29 is 17.3 Å². The van der Waals surface area contributed by atoms with Crippen molar-refractivity contribution >= 4 is 21.5 Å². The number of rotatable bonds is 8. The zero-order chi connectivity index (χ0) is 16.9. The highest BCUT2D eigenvalue weighted by Gasteiger charge is 2.20. The van der Waals surface area contributed by atoms with Crippen molar-refractivity contribution in [2.24, 2.45) is 0 Å². The quantitative estimate of drug-likeness (QED) is 0.718. The van der Waals surface area contributed by atoms with Crippen molar-refractivity contribution in [3.8, 4) is 0 Å². The average molecular weight is 341 g/mol. The Bertz CT molecular complexity index is 759. The second kappa shape index (κ2) is 7.45. The third-order valence-corrected chi connectivity index (χ3v) is 4.59. The SMILES string of the molecule is CCCCCNc1ccc(S(=O)(=O)Nc2cc(C)on2)c(F)c1. The van der Waals surface area contributed by atoms with Crippen LogP contribution in [0.1, 0.15) is 31.9 Å². The molecule has 0 aliphatic heterocycles. The van der Waals surface area contributed by atoms with Gasteiger partial charge in [0.2, 0.25) is 0 Å². The molecule has 0 amide bonds. The molecule has 126 valence electrons. The van der Waals surface area contributed by atoms with Crippen LogP contribution >= 0.6 is 0 Å². The second-order valence-corrected chi connectivity index (χ2v) is 6.86. The molecule has 1 heterocycles. The Hall–Kier alpha value is -2.09. The summed E-state index contributed by atoms with van der Waals surface area (Å²) in [6, 6.07) is 5.36. The normalized spacial score (nSPS) is 11.4. The number of hydrogen-bond donors (Lipinski definition) is 2. The van der Waals surface area contributed by atoms with Gasteiger partial charge in [-0.15, -0.1) is 0 Å². The van der Waals surface area contributed by atoms with E-state index in [0.717, 1.165) is 25.8 Å². The van der Waals surface area contributed by atoms with Crippen LogP contribution in [0.25, 0.3) is 0 Å². The molecule has 0 bridgehead atoms. The number of sulfonamides is 1. The first-order chi connectivity index (χ1) is 10.9. The van der Waals surface area contributed by atoms with Crippen LogP contribution in [0, 0.1) is 12.7 Å². The van der Waals surface area contributed by atoms with E-state index in [1.54, 1.807) is 6.92 Å². The van der Waals surface area contributed by atoms with E-state index in [-0.39, 0.29) is 5.82 Å². The summed E-state index contributed by atoms with van der Waals surface area (Å²) in [5, 5.41) is 6.60. The fraction of sp³-hybridized carbons (Fsp3) is 0.400. The molecule has 0 radical (unpaired) electrons. The molecule has 2 N–H and O–H groups in total. The van der Waals surface area contributed by atoms with Crippen molar-refractivity contribution in [3.05, 3.63) is 35.8 Å². The second-order valence-electron chi connectivity index (χ2n) is 5.21. The summed E-state index contributed by atoms with van der Waals surface area (Å²) in [6.45, 7) is 4.45. The van der Waals surface area contributed by atoms with E-state index in [9.17, 15) is 12.8 Å². The Kier molecular flexibility index (Phi) is 5.59. The van der Waals surface area contributed by atoms with Gasteiger partial charge < -0.3 is 9.84 Å². The number of halogens is 1. The molecule has 0 spiro atoms. The Balaban J connectivity index is 2.09. The summed E-state index contributed by atoms with van der Waals surface area (Å²) in [7, 11) is -4.05. The van der Waals surface area contributed by atoms with E-state index >= 15 is 0 Å². The van der Waals surface area contributed by atoms with Gasteiger partial charge in [-0.1, -0.05) is 24.9 Å². The van der Waals surface area contributed by atoms with Crippen LogP contribution in [0.5, 0.6) is 0 Å². The first-order valence-electron chi connectivity index (χ1n) is 7.42. The minimum Gasteiger partial charge on any atom is -0.385 e. The molecule has 0 atom stereocenters. The standard InChI is InChI=1S/C15H20FN3O3S/c1-3-4-5-8-17-12-6-7-14(13(16)10-12)23(20,21)19-15-9-11(2)22-18-15/h6-7,9-10,17H,3-5,8H2,1-2H3,(H,18,19). The molecule has 8 heteroatoms. The summed E-state index contributed by atoms with van der Waals surface area (Å²) in [5.41, 5.74) is 0.551. The monoisotopic (exact) mass is 341 g/mol. The lowest BCUT2D eigenvalue weighted by atomic mass is 10.2. The first kappa shape index (κ1) is 17.3. The number of nitrogens with zero attached hydrogens (tertiary/aromatic N) is 1. The Morgan fingerprint density at radius 1 is 1.26 bits per heavy atom. The molecule has 0 saturated heterocycles. The third kappa shape index (κ3) is 4.69. The van der Waals surface area contributed by atoms with Gasteiger partial charge >= 0.3 is 0 Å². The number of benzene rings is 1. The third-order valence-electron chi connectivity index (χ3n) is 3.20. The summed E-state index contributed by atoms with van der Waals surface area (Å²) in [6.07, 6.45) is 3.16. The van der Waals surface area contributed by atoms with Gasteiger partial charge in [0.05, 0.1) is 0 Å². The first-order valence-corrected chi connectivity index (χ1v) is 8.90. The van der Waals surface area contributed by atoms with Crippen molar-refractivity contribution in [1.29, 1.82) is 0 Å². The Morgan fingerprint density at radius 2 is 2.04 bits per heavy atom. The van der Waals surface area contributed by atoms with E-state index in [2.05, 4.69) is 22.1 Å². The molecule has 1 aromatic heterocycles. The molecular formula is C15H20FN3O3S. The van der Waals surface area contributed by atoms with Crippen LogP contribution in [0.2, 0.25) is 0 Å². The molecule has 2 rings (SSSR count). The van der Waals surface area contributed by atoms with E-state index in [4.69, 9.17) is 4.52 Å². The van der Waals surface area contributed by atoms with E-state index in [0.29, 0.717) is 11.4 Å². The molecule has 0 aliphatic rings. The van der Waals surface area contributed by atoms with Crippen molar-refractivity contribution in [2.45, 2.75) is 38.0 Å². The van der Waals surface area contributed by atoms with Crippen LogP contribution in [-0.4, -0.2) is 20.1 Å². The van der Waals surface area contributed by atoms with Gasteiger partial charge in [0.15, 0.2) is 5.82 Å². The van der Waals surface area contributed by atoms with Gasteiger partial charge in [0.25, 0.3) is 10.0 Å². The fourth-order valence-electron chi connectivity index (χ4n) is 2.04. The predicted octanol–water partition coefficient (Wildman–Crippen LogP) is 3.53. The summed E-state index contributed by atoms with van der Waals surface area (Å²) < 4.78 is 45.5. The highest BCUT2D eigenvalue weighted by atomic mass is 32.2. The smallest absolute Gasteiger partial charge is 0.266 e. The summed E-state index contributed by atoms with van der Waals surface area (Å²) >= 11 is 0. The number of aromatic nitrogens is 1. The van der Waals surface area contributed by atoms with Gasteiger partial charge in [-0.05, 0) is 31.5 Å². The van der Waals surface area contributed by atoms with Crippen LogP contribution in [0.3, 0.4) is 0 Å². The van der Waals surface area contributed by atoms with Crippen LogP contribution in [-0.2, 0) is 10.0 Å². The maximum absolute atomic E-state index is 14.1. The van der Waals surface area contributed by atoms with Crippen molar-refractivity contribution in [2.75, 3.05) is 16.6 Å². The van der Waals surface area contributed by atoms with Crippen LogP contribution in [0.15, 0.2) is 33.7 Å². The molecule has 23 heavy (non-hydrogen) atoms. The molecule has 0 aliphatic carbocycles. The molecule has 6 nitrogen and oxygen atoms in total. The topological polar surface area (TPSA) is 84.2 Å². The van der Waals surface area contributed by atoms with Gasteiger partial charge in [0.1, 0.15) is 16.5 Å². The number of anilines is 2. The van der Waals surface area contributed by atoms with Gasteiger partial charge in [0, 0.05) is 18.3 Å². The Morgan fingerprint density at radius 3 is 2.65 bits per heavy atom. The lowest BCUT2D eigenvalue weighted by Gasteiger charge is -2.09. The van der Waals surface area contributed by atoms with Crippen LogP contribution < -0.4 is 10.0 Å². The maximum Gasteiger partial charge on any atom is 0.266 e. The van der Waals surface area contributed by atoms with E-state index < -0.39 is 20.7 Å².